The highest BCUT2D eigenvalue weighted by atomic mass is 16.7. The first kappa shape index (κ1) is 27.6. The molecule has 222 valence electrons. The van der Waals surface area contributed by atoms with Crippen molar-refractivity contribution in [1.29, 1.82) is 0 Å². The summed E-state index contributed by atoms with van der Waals surface area (Å²) in [7, 11) is 0. The topological polar surface area (TPSA) is 67.9 Å². The van der Waals surface area contributed by atoms with Crippen LogP contribution in [-0.4, -0.2) is 47.8 Å². The maximum atomic E-state index is 13.1. The van der Waals surface area contributed by atoms with E-state index in [0.717, 1.165) is 44.7 Å². The summed E-state index contributed by atoms with van der Waals surface area (Å²) >= 11 is 0. The second-order valence-corrected chi connectivity index (χ2v) is 14.9. The summed E-state index contributed by atoms with van der Waals surface area (Å²) in [6.07, 6.45) is 9.81. The molecular formula is C35H48N2O4. The predicted octanol–water partition coefficient (Wildman–Crippen LogP) is 6.32. The smallest absolute Gasteiger partial charge is 0.357 e. The fraction of sp³-hybridized carbons (Fsp3) is 0.714. The molecule has 0 bridgehead atoms. The molecule has 3 saturated heterocycles. The molecule has 6 nitrogen and oxygen atoms in total. The van der Waals surface area contributed by atoms with Crippen molar-refractivity contribution in [2.75, 3.05) is 13.1 Å². The van der Waals surface area contributed by atoms with Gasteiger partial charge in [0.2, 0.25) is 5.91 Å². The van der Waals surface area contributed by atoms with Gasteiger partial charge in [0, 0.05) is 25.4 Å². The third kappa shape index (κ3) is 4.50. The Morgan fingerprint density at radius 2 is 1.93 bits per heavy atom. The van der Waals surface area contributed by atoms with E-state index in [9.17, 15) is 9.59 Å². The molecule has 1 aromatic rings. The van der Waals surface area contributed by atoms with Gasteiger partial charge in [0.15, 0.2) is 0 Å². The number of hydrogen-bond donors (Lipinski definition) is 1. The van der Waals surface area contributed by atoms with Crippen molar-refractivity contribution in [2.24, 2.45) is 40.9 Å². The van der Waals surface area contributed by atoms with Gasteiger partial charge in [0.05, 0.1) is 23.3 Å². The maximum Gasteiger partial charge on any atom is 0.357 e. The lowest BCUT2D eigenvalue weighted by molar-refractivity contribution is -0.182. The number of allylic oxidation sites excluding steroid dienone is 1. The second kappa shape index (κ2) is 10.2. The Hall–Kier alpha value is -2.18. The number of hydrogen-bond acceptors (Lipinski definition) is 5. The molecular weight excluding hydrogens is 512 g/mol. The summed E-state index contributed by atoms with van der Waals surface area (Å²) in [6, 6.07) is 9.44. The average molecular weight is 561 g/mol. The molecule has 0 aromatic heterocycles. The molecule has 0 unspecified atom stereocenters. The van der Waals surface area contributed by atoms with Gasteiger partial charge in [-0.15, -0.1) is 5.06 Å². The van der Waals surface area contributed by atoms with Gasteiger partial charge in [-0.3, -0.25) is 4.79 Å². The van der Waals surface area contributed by atoms with Crippen LogP contribution >= 0.6 is 0 Å². The number of hydroxylamine groups is 2. The molecule has 6 aliphatic rings. The largest absolute Gasteiger partial charge is 0.369 e. The lowest BCUT2D eigenvalue weighted by Gasteiger charge is -2.49. The summed E-state index contributed by atoms with van der Waals surface area (Å²) < 4.78 is 7.17. The van der Waals surface area contributed by atoms with E-state index in [1.165, 1.54) is 25.7 Å². The van der Waals surface area contributed by atoms with E-state index in [-0.39, 0.29) is 41.0 Å². The van der Waals surface area contributed by atoms with Crippen LogP contribution in [0.2, 0.25) is 0 Å². The van der Waals surface area contributed by atoms with Gasteiger partial charge in [-0.25, -0.2) is 4.79 Å². The molecule has 3 heterocycles. The van der Waals surface area contributed by atoms with E-state index < -0.39 is 0 Å². The summed E-state index contributed by atoms with van der Waals surface area (Å²) in [6.45, 7) is 11.1. The normalized spacial score (nSPS) is 44.2. The van der Waals surface area contributed by atoms with Crippen LogP contribution in [0, 0.1) is 40.9 Å². The van der Waals surface area contributed by atoms with Crippen molar-refractivity contribution < 1.29 is 19.2 Å². The zero-order valence-corrected chi connectivity index (χ0v) is 25.4. The third-order valence-electron chi connectivity index (χ3n) is 12.8. The third-order valence-corrected chi connectivity index (χ3v) is 12.8. The fourth-order valence-electron chi connectivity index (χ4n) is 10.5. The first-order valence-electron chi connectivity index (χ1n) is 16.4. The Kier molecular flexibility index (Phi) is 6.89. The molecule has 5 fully saturated rings. The Morgan fingerprint density at radius 1 is 1.12 bits per heavy atom. The average Bonchev–Trinajstić information content (AvgIpc) is 3.35. The SMILES string of the molecule is CC1=C2C[C@H]3[C@@H](CC[C@@H]4CNC(=O)CC[C@@]43C)[C@@H]2CC[C@@]2(C1)O[C@@H]1C[C@H](C)CN(OC(=O)c3ccccc3)[C@H]1[C@H]2C. The highest BCUT2D eigenvalue weighted by Gasteiger charge is 2.60. The first-order valence-corrected chi connectivity index (χ1v) is 16.4. The lowest BCUT2D eigenvalue weighted by Crippen LogP contribution is -2.52. The standard InChI is InChI=1S/C35H48N2O4/c1-21-16-30-32(37(20-21)41-33(39)24-8-6-5-7-9-24)23(3)35(40-30)15-12-26-27-11-10-25-19-36-31(38)13-14-34(25,4)29(27)17-28(26)22(2)18-35/h5-9,21,23,25-27,29-30,32H,10-20H2,1-4H3,(H,36,38)/t21-,23+,25+,26-,27-,29-,30+,32-,34-,35-/m0/s1. The first-order chi connectivity index (χ1) is 19.7. The molecule has 41 heavy (non-hydrogen) atoms. The Morgan fingerprint density at radius 3 is 2.73 bits per heavy atom. The van der Waals surface area contributed by atoms with Gasteiger partial charge < -0.3 is 14.9 Å². The van der Waals surface area contributed by atoms with Crippen molar-refractivity contribution in [3.05, 3.63) is 47.0 Å². The quantitative estimate of drug-likeness (QED) is 0.429. The van der Waals surface area contributed by atoms with Crippen LogP contribution in [0.5, 0.6) is 0 Å². The van der Waals surface area contributed by atoms with Crippen LogP contribution in [0.25, 0.3) is 0 Å². The maximum absolute atomic E-state index is 13.1. The summed E-state index contributed by atoms with van der Waals surface area (Å²) in [5.41, 5.74) is 3.92. The number of nitrogens with one attached hydrogen (secondary N) is 1. The van der Waals surface area contributed by atoms with E-state index in [1.807, 2.05) is 35.4 Å². The zero-order chi connectivity index (χ0) is 28.5. The number of benzene rings is 1. The number of fused-ring (bicyclic) bond motifs is 6. The van der Waals surface area contributed by atoms with Crippen LogP contribution in [0.4, 0.5) is 0 Å². The highest BCUT2D eigenvalue weighted by molar-refractivity contribution is 5.89. The number of piperidine rings is 1. The van der Waals surface area contributed by atoms with Crippen molar-refractivity contribution in [2.45, 2.75) is 103 Å². The summed E-state index contributed by atoms with van der Waals surface area (Å²) in [5.74, 6) is 3.33. The van der Waals surface area contributed by atoms with Crippen LogP contribution in [-0.2, 0) is 14.4 Å². The molecule has 6 heteroatoms. The minimum atomic E-state index is -0.272. The molecule has 1 N–H and O–H groups in total. The fourth-order valence-corrected chi connectivity index (χ4v) is 10.5. The molecule has 0 radical (unpaired) electrons. The van der Waals surface area contributed by atoms with Crippen LogP contribution in [0.15, 0.2) is 41.5 Å². The molecule has 1 aromatic carbocycles. The van der Waals surface area contributed by atoms with Gasteiger partial charge in [-0.1, -0.05) is 50.1 Å². The van der Waals surface area contributed by atoms with Crippen molar-refractivity contribution in [3.63, 3.8) is 0 Å². The van der Waals surface area contributed by atoms with E-state index in [4.69, 9.17) is 9.57 Å². The highest BCUT2D eigenvalue weighted by Crippen LogP contribution is 2.64. The molecule has 2 saturated carbocycles. The van der Waals surface area contributed by atoms with Crippen molar-refractivity contribution in [1.82, 2.24) is 10.4 Å². The number of carbonyl (C=O) groups is 2. The molecule has 10 atom stereocenters. The van der Waals surface area contributed by atoms with Gasteiger partial charge in [0.1, 0.15) is 0 Å². The summed E-state index contributed by atoms with van der Waals surface area (Å²) in [5, 5.41) is 5.20. The number of rotatable bonds is 2. The minimum Gasteiger partial charge on any atom is -0.369 e. The van der Waals surface area contributed by atoms with E-state index >= 15 is 0 Å². The van der Waals surface area contributed by atoms with E-state index in [0.29, 0.717) is 35.7 Å². The Balaban J connectivity index is 1.13. The number of ether oxygens (including phenoxy) is 1. The predicted molar refractivity (Wildman–Crippen MR) is 158 cm³/mol. The van der Waals surface area contributed by atoms with Gasteiger partial charge >= 0.3 is 5.97 Å². The Labute approximate surface area is 245 Å². The number of amides is 1. The monoisotopic (exact) mass is 560 g/mol. The lowest BCUT2D eigenvalue weighted by atomic mass is 9.55. The molecule has 1 amide bonds. The van der Waals surface area contributed by atoms with Crippen LogP contribution in [0.3, 0.4) is 0 Å². The molecule has 3 aliphatic heterocycles. The number of nitrogens with zero attached hydrogens (tertiary/aromatic N) is 1. The van der Waals surface area contributed by atoms with Crippen LogP contribution in [0.1, 0.15) is 95.8 Å². The van der Waals surface area contributed by atoms with Crippen molar-refractivity contribution >= 4 is 11.9 Å². The molecule has 3 aliphatic carbocycles. The molecule has 7 rings (SSSR count). The van der Waals surface area contributed by atoms with Gasteiger partial charge in [-0.2, -0.15) is 0 Å². The van der Waals surface area contributed by atoms with Crippen molar-refractivity contribution in [3.8, 4) is 0 Å². The number of carbonyl (C=O) groups excluding carboxylic acids is 2. The minimum absolute atomic E-state index is 0.0891. The van der Waals surface area contributed by atoms with E-state index in [2.05, 4.69) is 33.0 Å². The zero-order valence-electron chi connectivity index (χ0n) is 25.4. The van der Waals surface area contributed by atoms with Crippen LogP contribution < -0.4 is 5.32 Å². The molecule has 1 spiro atoms. The summed E-state index contributed by atoms with van der Waals surface area (Å²) in [4.78, 5) is 31.5. The van der Waals surface area contributed by atoms with Gasteiger partial charge in [0.25, 0.3) is 0 Å². The second-order valence-electron chi connectivity index (χ2n) is 14.9. The van der Waals surface area contributed by atoms with Gasteiger partial charge in [-0.05, 0) is 105 Å². The van der Waals surface area contributed by atoms with E-state index in [1.54, 1.807) is 11.1 Å². The Bertz CT molecular complexity index is 1230.